The van der Waals surface area contributed by atoms with Crippen LogP contribution in [0.4, 0.5) is 0 Å². The molecular weight excluding hydrogens is 294 g/mol. The third kappa shape index (κ3) is 3.13. The molecule has 1 aromatic rings. The fraction of sp³-hybridized carbons (Fsp3) is 0.692. The molecule has 0 atom stereocenters. The van der Waals surface area contributed by atoms with Gasteiger partial charge in [-0.2, -0.15) is 5.10 Å². The summed E-state index contributed by atoms with van der Waals surface area (Å²) < 4.78 is 1.71. The van der Waals surface area contributed by atoms with Crippen LogP contribution in [0.5, 0.6) is 0 Å². The Morgan fingerprint density at radius 3 is 2.78 bits per heavy atom. The van der Waals surface area contributed by atoms with E-state index in [2.05, 4.69) is 26.3 Å². The molecule has 1 saturated carbocycles. The van der Waals surface area contributed by atoms with E-state index in [1.165, 1.54) is 0 Å². The van der Waals surface area contributed by atoms with Crippen LogP contribution in [0.3, 0.4) is 0 Å². The van der Waals surface area contributed by atoms with Crippen LogP contribution in [-0.2, 0) is 13.5 Å². The normalized spacial score (nSPS) is 23.9. The third-order valence-corrected chi connectivity index (χ3v) is 4.39. The number of hydrogen-bond acceptors (Lipinski definition) is 2. The fourth-order valence-electron chi connectivity index (χ4n) is 2.45. The van der Waals surface area contributed by atoms with Gasteiger partial charge < -0.3 is 5.32 Å². The lowest BCUT2D eigenvalue weighted by molar-refractivity contribution is 0.0927. The molecule has 1 heterocycles. The maximum Gasteiger partial charge on any atom is 0.254 e. The first-order valence-electron chi connectivity index (χ1n) is 6.57. The SMILES string of the molecule is CCc1nn(C)cc1C(=O)NC1CCC(Br)CC1. The van der Waals surface area contributed by atoms with E-state index in [1.807, 2.05) is 20.2 Å². The summed E-state index contributed by atoms with van der Waals surface area (Å²) in [6.45, 7) is 2.02. The first-order valence-corrected chi connectivity index (χ1v) is 7.49. The second-order valence-electron chi connectivity index (χ2n) is 4.94. The van der Waals surface area contributed by atoms with Gasteiger partial charge in [0.2, 0.25) is 0 Å². The van der Waals surface area contributed by atoms with Crippen LogP contribution in [0.25, 0.3) is 0 Å². The zero-order valence-electron chi connectivity index (χ0n) is 10.9. The second-order valence-corrected chi connectivity index (χ2v) is 6.23. The molecular formula is C13H20BrN3O. The number of halogens is 1. The molecule has 0 unspecified atom stereocenters. The summed E-state index contributed by atoms with van der Waals surface area (Å²) in [7, 11) is 1.85. The zero-order valence-corrected chi connectivity index (χ0v) is 12.5. The molecule has 100 valence electrons. The number of nitrogens with one attached hydrogen (secondary N) is 1. The van der Waals surface area contributed by atoms with Crippen LogP contribution in [0.15, 0.2) is 6.20 Å². The third-order valence-electron chi connectivity index (χ3n) is 3.48. The highest BCUT2D eigenvalue weighted by Crippen LogP contribution is 2.24. The Balaban J connectivity index is 1.99. The molecule has 2 rings (SSSR count). The van der Waals surface area contributed by atoms with Gasteiger partial charge in [-0.15, -0.1) is 0 Å². The van der Waals surface area contributed by atoms with Crippen molar-refractivity contribution in [3.05, 3.63) is 17.5 Å². The number of alkyl halides is 1. The van der Waals surface area contributed by atoms with Crippen molar-refractivity contribution in [3.8, 4) is 0 Å². The summed E-state index contributed by atoms with van der Waals surface area (Å²) in [6.07, 6.45) is 6.99. The van der Waals surface area contributed by atoms with Gasteiger partial charge >= 0.3 is 0 Å². The van der Waals surface area contributed by atoms with Gasteiger partial charge in [0.25, 0.3) is 5.91 Å². The summed E-state index contributed by atoms with van der Waals surface area (Å²) in [4.78, 5) is 12.8. The lowest BCUT2D eigenvalue weighted by Crippen LogP contribution is -2.38. The molecule has 1 aromatic heterocycles. The standard InChI is InChI=1S/C13H20BrN3O/c1-3-12-11(8-17(2)16-12)13(18)15-10-6-4-9(14)5-7-10/h8-10H,3-7H2,1-2H3,(H,15,18). The van der Waals surface area contributed by atoms with Crippen molar-refractivity contribution in [3.63, 3.8) is 0 Å². The van der Waals surface area contributed by atoms with E-state index in [0.29, 0.717) is 10.9 Å². The first kappa shape index (κ1) is 13.6. The summed E-state index contributed by atoms with van der Waals surface area (Å²) in [6, 6.07) is 0.316. The predicted octanol–water partition coefficient (Wildman–Crippen LogP) is 2.42. The van der Waals surface area contributed by atoms with Crippen LogP contribution in [0, 0.1) is 0 Å². The molecule has 1 fully saturated rings. The van der Waals surface area contributed by atoms with Crippen LogP contribution < -0.4 is 5.32 Å². The van der Waals surface area contributed by atoms with Crippen molar-refractivity contribution >= 4 is 21.8 Å². The number of carbonyl (C=O) groups is 1. The Morgan fingerprint density at radius 1 is 1.50 bits per heavy atom. The van der Waals surface area contributed by atoms with Crippen LogP contribution in [0.2, 0.25) is 0 Å². The minimum absolute atomic E-state index is 0.0259. The number of aromatic nitrogens is 2. The molecule has 4 nitrogen and oxygen atoms in total. The molecule has 1 aliphatic carbocycles. The van der Waals surface area contributed by atoms with Crippen molar-refractivity contribution in [2.75, 3.05) is 0 Å². The Hall–Kier alpha value is -0.840. The number of carbonyl (C=O) groups excluding carboxylic acids is 1. The lowest BCUT2D eigenvalue weighted by Gasteiger charge is -2.25. The minimum atomic E-state index is 0.0259. The molecule has 0 bridgehead atoms. The molecule has 0 spiro atoms. The molecule has 1 aliphatic rings. The monoisotopic (exact) mass is 313 g/mol. The smallest absolute Gasteiger partial charge is 0.254 e. The van der Waals surface area contributed by atoms with Crippen LogP contribution >= 0.6 is 15.9 Å². The van der Waals surface area contributed by atoms with Crippen molar-refractivity contribution in [2.45, 2.75) is 49.9 Å². The van der Waals surface area contributed by atoms with Gasteiger partial charge in [-0.25, -0.2) is 0 Å². The van der Waals surface area contributed by atoms with Gasteiger partial charge in [-0.3, -0.25) is 9.48 Å². The molecule has 0 radical (unpaired) electrons. The Kier molecular flexibility index (Phi) is 4.43. The lowest BCUT2D eigenvalue weighted by atomic mass is 9.95. The molecule has 5 heteroatoms. The van der Waals surface area contributed by atoms with E-state index >= 15 is 0 Å². The van der Waals surface area contributed by atoms with Gasteiger partial charge in [-0.1, -0.05) is 22.9 Å². The van der Waals surface area contributed by atoms with Crippen LogP contribution in [0.1, 0.15) is 48.7 Å². The van der Waals surface area contributed by atoms with Gasteiger partial charge in [-0.05, 0) is 32.1 Å². The first-order chi connectivity index (χ1) is 8.60. The highest BCUT2D eigenvalue weighted by atomic mass is 79.9. The van der Waals surface area contributed by atoms with Gasteiger partial charge in [0.15, 0.2) is 0 Å². The largest absolute Gasteiger partial charge is 0.349 e. The summed E-state index contributed by atoms with van der Waals surface area (Å²) in [5.41, 5.74) is 1.60. The highest BCUT2D eigenvalue weighted by molar-refractivity contribution is 9.09. The maximum atomic E-state index is 12.2. The van der Waals surface area contributed by atoms with Gasteiger partial charge in [0.1, 0.15) is 0 Å². The van der Waals surface area contributed by atoms with Crippen molar-refractivity contribution < 1.29 is 4.79 Å². The van der Waals surface area contributed by atoms with E-state index in [0.717, 1.165) is 43.4 Å². The number of nitrogens with zero attached hydrogens (tertiary/aromatic N) is 2. The summed E-state index contributed by atoms with van der Waals surface area (Å²) in [5.74, 6) is 0.0259. The second kappa shape index (κ2) is 5.87. The van der Waals surface area contributed by atoms with E-state index in [1.54, 1.807) is 4.68 Å². The summed E-state index contributed by atoms with van der Waals surface area (Å²) in [5, 5.41) is 7.43. The van der Waals surface area contributed by atoms with E-state index < -0.39 is 0 Å². The van der Waals surface area contributed by atoms with E-state index in [9.17, 15) is 4.79 Å². The number of hydrogen-bond donors (Lipinski definition) is 1. The Morgan fingerprint density at radius 2 is 2.17 bits per heavy atom. The molecule has 1 amide bonds. The number of rotatable bonds is 3. The molecule has 0 aromatic carbocycles. The molecule has 18 heavy (non-hydrogen) atoms. The van der Waals surface area contributed by atoms with Crippen LogP contribution in [-0.4, -0.2) is 26.6 Å². The molecule has 1 N–H and O–H groups in total. The van der Waals surface area contributed by atoms with Gasteiger partial charge in [0, 0.05) is 24.1 Å². The van der Waals surface area contributed by atoms with Gasteiger partial charge in [0.05, 0.1) is 11.3 Å². The quantitative estimate of drug-likeness (QED) is 0.871. The molecule has 0 saturated heterocycles. The molecule has 0 aliphatic heterocycles. The number of amides is 1. The minimum Gasteiger partial charge on any atom is -0.349 e. The average Bonchev–Trinajstić information content (AvgIpc) is 2.73. The maximum absolute atomic E-state index is 12.2. The fourth-order valence-corrected chi connectivity index (χ4v) is 2.97. The zero-order chi connectivity index (χ0) is 13.1. The highest BCUT2D eigenvalue weighted by Gasteiger charge is 2.22. The van der Waals surface area contributed by atoms with Crippen molar-refractivity contribution in [1.29, 1.82) is 0 Å². The van der Waals surface area contributed by atoms with Crippen molar-refractivity contribution in [2.24, 2.45) is 7.05 Å². The Bertz CT molecular complexity index is 422. The van der Waals surface area contributed by atoms with E-state index in [4.69, 9.17) is 0 Å². The predicted molar refractivity (Wildman–Crippen MR) is 75.0 cm³/mol. The number of aryl methyl sites for hydroxylation is 2. The Labute approximate surface area is 116 Å². The topological polar surface area (TPSA) is 46.9 Å². The van der Waals surface area contributed by atoms with Crippen molar-refractivity contribution in [1.82, 2.24) is 15.1 Å². The summed E-state index contributed by atoms with van der Waals surface area (Å²) >= 11 is 3.63. The average molecular weight is 314 g/mol. The van der Waals surface area contributed by atoms with E-state index in [-0.39, 0.29) is 5.91 Å².